The van der Waals surface area contributed by atoms with Gasteiger partial charge in [0.2, 0.25) is 5.91 Å². The van der Waals surface area contributed by atoms with Gasteiger partial charge in [-0.25, -0.2) is 0 Å². The lowest BCUT2D eigenvalue weighted by atomic mass is 10.2. The van der Waals surface area contributed by atoms with E-state index in [9.17, 15) is 9.59 Å². The van der Waals surface area contributed by atoms with Crippen LogP contribution in [0.15, 0.2) is 48.5 Å². The highest BCUT2D eigenvalue weighted by Crippen LogP contribution is 2.18. The van der Waals surface area contributed by atoms with Crippen LogP contribution in [-0.2, 0) is 9.59 Å². The second-order valence-corrected chi connectivity index (χ2v) is 5.40. The van der Waals surface area contributed by atoms with E-state index in [1.165, 1.54) is 6.92 Å². The molecule has 2 aromatic rings. The summed E-state index contributed by atoms with van der Waals surface area (Å²) in [6.45, 7) is 3.09. The normalized spacial score (nSPS) is 11.4. The molecule has 0 fully saturated rings. The topological polar surface area (TPSA) is 67.4 Å². The van der Waals surface area contributed by atoms with Gasteiger partial charge in [0.1, 0.15) is 5.75 Å². The molecule has 2 amide bonds. The molecule has 0 unspecified atom stereocenters. The lowest BCUT2D eigenvalue weighted by Crippen LogP contribution is -2.30. The summed E-state index contributed by atoms with van der Waals surface area (Å²) in [6, 6.07) is 13.7. The molecule has 0 radical (unpaired) electrons. The number of carbonyl (C=O) groups excluding carboxylic acids is 2. The Hall–Kier alpha value is -2.53. The first kappa shape index (κ1) is 16.8. The standard InChI is InChI=1S/C17H17ClN2O3/c1-11(17(22)20-15-5-3-4-13(18)10-15)23-16-8-6-14(7-9-16)19-12(2)21/h3-11H,1-2H3,(H,19,21)(H,20,22)/t11-/m1/s1. The highest BCUT2D eigenvalue weighted by molar-refractivity contribution is 6.30. The summed E-state index contributed by atoms with van der Waals surface area (Å²) in [4.78, 5) is 23.1. The van der Waals surface area contributed by atoms with Gasteiger partial charge in [0.15, 0.2) is 6.10 Å². The largest absolute Gasteiger partial charge is 0.481 e. The molecule has 0 saturated carbocycles. The van der Waals surface area contributed by atoms with Gasteiger partial charge in [-0.1, -0.05) is 17.7 Å². The van der Waals surface area contributed by atoms with Crippen molar-refractivity contribution in [2.75, 3.05) is 10.6 Å². The SMILES string of the molecule is CC(=O)Nc1ccc(O[C@H](C)C(=O)Nc2cccc(Cl)c2)cc1. The van der Waals surface area contributed by atoms with Crippen molar-refractivity contribution in [3.8, 4) is 5.75 Å². The zero-order valence-corrected chi connectivity index (χ0v) is 13.6. The molecule has 2 rings (SSSR count). The van der Waals surface area contributed by atoms with Crippen molar-refractivity contribution >= 4 is 34.8 Å². The molecule has 5 nitrogen and oxygen atoms in total. The van der Waals surface area contributed by atoms with Crippen LogP contribution in [0.2, 0.25) is 5.02 Å². The summed E-state index contributed by atoms with van der Waals surface area (Å²) in [7, 11) is 0. The Bertz CT molecular complexity index is 701. The van der Waals surface area contributed by atoms with Gasteiger partial charge in [-0.15, -0.1) is 0 Å². The van der Waals surface area contributed by atoms with E-state index in [1.54, 1.807) is 55.5 Å². The zero-order chi connectivity index (χ0) is 16.8. The third kappa shape index (κ3) is 5.30. The number of ether oxygens (including phenoxy) is 1. The van der Waals surface area contributed by atoms with Crippen molar-refractivity contribution in [1.82, 2.24) is 0 Å². The molecular weight excluding hydrogens is 316 g/mol. The molecule has 0 aliphatic rings. The molecule has 0 saturated heterocycles. The van der Waals surface area contributed by atoms with Gasteiger partial charge >= 0.3 is 0 Å². The van der Waals surface area contributed by atoms with Gasteiger partial charge in [-0.2, -0.15) is 0 Å². The number of rotatable bonds is 5. The minimum absolute atomic E-state index is 0.145. The molecule has 1 atom stereocenters. The third-order valence-electron chi connectivity index (χ3n) is 2.95. The van der Waals surface area contributed by atoms with Crippen molar-refractivity contribution in [2.45, 2.75) is 20.0 Å². The number of carbonyl (C=O) groups is 2. The first-order valence-electron chi connectivity index (χ1n) is 7.05. The summed E-state index contributed by atoms with van der Waals surface area (Å²) in [5.74, 6) is 0.110. The van der Waals surface area contributed by atoms with Crippen molar-refractivity contribution in [3.63, 3.8) is 0 Å². The van der Waals surface area contributed by atoms with E-state index in [4.69, 9.17) is 16.3 Å². The number of halogens is 1. The maximum absolute atomic E-state index is 12.1. The molecule has 120 valence electrons. The molecule has 0 bridgehead atoms. The van der Waals surface area contributed by atoms with Gasteiger partial charge in [-0.3, -0.25) is 9.59 Å². The summed E-state index contributed by atoms with van der Waals surface area (Å²) in [5.41, 5.74) is 1.28. The molecule has 2 N–H and O–H groups in total. The van der Waals surface area contributed by atoms with Gasteiger partial charge in [0, 0.05) is 23.3 Å². The summed E-state index contributed by atoms with van der Waals surface area (Å²) >= 11 is 5.88. The van der Waals surface area contributed by atoms with E-state index in [0.29, 0.717) is 22.1 Å². The number of nitrogens with one attached hydrogen (secondary N) is 2. The molecular formula is C17H17ClN2O3. The van der Waals surface area contributed by atoms with Crippen LogP contribution in [-0.4, -0.2) is 17.9 Å². The van der Waals surface area contributed by atoms with Crippen LogP contribution in [0, 0.1) is 0 Å². The summed E-state index contributed by atoms with van der Waals surface area (Å²) in [5, 5.41) is 5.94. The van der Waals surface area contributed by atoms with Gasteiger partial charge < -0.3 is 15.4 Å². The number of hydrogen-bond donors (Lipinski definition) is 2. The minimum atomic E-state index is -0.680. The molecule has 0 aliphatic heterocycles. The van der Waals surface area contributed by atoms with Crippen molar-refractivity contribution in [2.24, 2.45) is 0 Å². The zero-order valence-electron chi connectivity index (χ0n) is 12.8. The first-order valence-corrected chi connectivity index (χ1v) is 7.42. The Morgan fingerprint density at radius 1 is 1.04 bits per heavy atom. The average molecular weight is 333 g/mol. The van der Waals surface area contributed by atoms with E-state index >= 15 is 0 Å². The van der Waals surface area contributed by atoms with Crippen LogP contribution in [0.5, 0.6) is 5.75 Å². The van der Waals surface area contributed by atoms with Crippen molar-refractivity contribution in [3.05, 3.63) is 53.6 Å². The Morgan fingerprint density at radius 3 is 2.35 bits per heavy atom. The fourth-order valence-electron chi connectivity index (χ4n) is 1.89. The first-order chi connectivity index (χ1) is 10.9. The van der Waals surface area contributed by atoms with E-state index in [1.807, 2.05) is 0 Å². The molecule has 0 heterocycles. The van der Waals surface area contributed by atoms with E-state index in [2.05, 4.69) is 10.6 Å². The molecule has 23 heavy (non-hydrogen) atoms. The highest BCUT2D eigenvalue weighted by atomic mass is 35.5. The van der Waals surface area contributed by atoms with Gasteiger partial charge in [0.25, 0.3) is 5.91 Å². The van der Waals surface area contributed by atoms with E-state index in [-0.39, 0.29) is 11.8 Å². The van der Waals surface area contributed by atoms with Crippen LogP contribution < -0.4 is 15.4 Å². The number of hydrogen-bond acceptors (Lipinski definition) is 3. The molecule has 0 aromatic heterocycles. The predicted octanol–water partition coefficient (Wildman–Crippen LogP) is 3.70. The molecule has 2 aromatic carbocycles. The Kier molecular flexibility index (Phi) is 5.60. The van der Waals surface area contributed by atoms with Crippen LogP contribution in [0.4, 0.5) is 11.4 Å². The lowest BCUT2D eigenvalue weighted by molar-refractivity contribution is -0.122. The molecule has 6 heteroatoms. The lowest BCUT2D eigenvalue weighted by Gasteiger charge is -2.15. The quantitative estimate of drug-likeness (QED) is 0.877. The van der Waals surface area contributed by atoms with Crippen molar-refractivity contribution < 1.29 is 14.3 Å². The second-order valence-electron chi connectivity index (χ2n) is 4.97. The highest BCUT2D eigenvalue weighted by Gasteiger charge is 2.15. The maximum Gasteiger partial charge on any atom is 0.265 e. The van der Waals surface area contributed by atoms with E-state index in [0.717, 1.165) is 0 Å². The Morgan fingerprint density at radius 2 is 1.74 bits per heavy atom. The minimum Gasteiger partial charge on any atom is -0.481 e. The predicted molar refractivity (Wildman–Crippen MR) is 90.9 cm³/mol. The van der Waals surface area contributed by atoms with E-state index < -0.39 is 6.10 Å². The number of amides is 2. The van der Waals surface area contributed by atoms with Crippen LogP contribution >= 0.6 is 11.6 Å². The Labute approximate surface area is 139 Å². The monoisotopic (exact) mass is 332 g/mol. The smallest absolute Gasteiger partial charge is 0.265 e. The number of anilines is 2. The van der Waals surface area contributed by atoms with Gasteiger partial charge in [0.05, 0.1) is 0 Å². The van der Waals surface area contributed by atoms with Crippen LogP contribution in [0.25, 0.3) is 0 Å². The van der Waals surface area contributed by atoms with Gasteiger partial charge in [-0.05, 0) is 49.4 Å². The Balaban J connectivity index is 1.94. The fourth-order valence-corrected chi connectivity index (χ4v) is 2.08. The fraction of sp³-hybridized carbons (Fsp3) is 0.176. The molecule has 0 aliphatic carbocycles. The summed E-state index contributed by atoms with van der Waals surface area (Å²) < 4.78 is 5.58. The number of benzene rings is 2. The summed E-state index contributed by atoms with van der Waals surface area (Å²) in [6.07, 6.45) is -0.680. The maximum atomic E-state index is 12.1. The van der Waals surface area contributed by atoms with Crippen molar-refractivity contribution in [1.29, 1.82) is 0 Å². The molecule has 0 spiro atoms. The van der Waals surface area contributed by atoms with Crippen LogP contribution in [0.3, 0.4) is 0 Å². The second kappa shape index (κ2) is 7.65. The third-order valence-corrected chi connectivity index (χ3v) is 3.18. The average Bonchev–Trinajstić information content (AvgIpc) is 2.48. The van der Waals surface area contributed by atoms with Crippen LogP contribution in [0.1, 0.15) is 13.8 Å².